The molecule has 2 aromatic heterocycles. The van der Waals surface area contributed by atoms with Gasteiger partial charge in [-0.1, -0.05) is 18.2 Å². The molecule has 3 aromatic rings. The molecule has 4 heteroatoms. The number of hydrogen-bond donors (Lipinski definition) is 1. The summed E-state index contributed by atoms with van der Waals surface area (Å²) in [6.45, 7) is 2.03. The van der Waals surface area contributed by atoms with Crippen molar-refractivity contribution in [1.82, 2.24) is 9.97 Å². The number of H-pyrrole nitrogens is 1. The molecular formula is C13H11ClN2S. The maximum absolute atomic E-state index is 5.83. The smallest absolute Gasteiger partial charge is 0.108 e. The van der Waals surface area contributed by atoms with Crippen LogP contribution in [0.2, 0.25) is 0 Å². The van der Waals surface area contributed by atoms with E-state index < -0.39 is 0 Å². The van der Waals surface area contributed by atoms with Crippen LogP contribution in [0.5, 0.6) is 0 Å². The molecule has 0 fully saturated rings. The molecule has 0 atom stereocenters. The summed E-state index contributed by atoms with van der Waals surface area (Å²) in [6.07, 6.45) is 2.04. The Morgan fingerprint density at radius 3 is 2.94 bits per heavy atom. The molecule has 3 rings (SSSR count). The van der Waals surface area contributed by atoms with Gasteiger partial charge in [-0.2, -0.15) is 0 Å². The Kier molecular flexibility index (Phi) is 2.65. The second-order valence-corrected chi connectivity index (χ2v) is 5.25. The topological polar surface area (TPSA) is 28.7 Å². The van der Waals surface area contributed by atoms with Crippen molar-refractivity contribution in [1.29, 1.82) is 0 Å². The summed E-state index contributed by atoms with van der Waals surface area (Å²) in [7, 11) is 0. The van der Waals surface area contributed by atoms with E-state index in [-0.39, 0.29) is 0 Å². The summed E-state index contributed by atoms with van der Waals surface area (Å²) < 4.78 is 0. The molecule has 2 nitrogen and oxygen atoms in total. The number of aromatic nitrogens is 2. The highest BCUT2D eigenvalue weighted by Gasteiger charge is 2.12. The Bertz CT molecular complexity index is 669. The van der Waals surface area contributed by atoms with Gasteiger partial charge in [0.2, 0.25) is 0 Å². The van der Waals surface area contributed by atoms with Gasteiger partial charge < -0.3 is 4.98 Å². The van der Waals surface area contributed by atoms with Gasteiger partial charge in [0.1, 0.15) is 5.01 Å². The van der Waals surface area contributed by atoms with Crippen LogP contribution in [0.4, 0.5) is 0 Å². The summed E-state index contributed by atoms with van der Waals surface area (Å²) in [5.74, 6) is 0.480. The minimum absolute atomic E-state index is 0.480. The van der Waals surface area contributed by atoms with Crippen LogP contribution >= 0.6 is 22.9 Å². The van der Waals surface area contributed by atoms with Crippen molar-refractivity contribution >= 4 is 33.8 Å². The lowest BCUT2D eigenvalue weighted by Crippen LogP contribution is -1.77. The first-order valence-electron chi connectivity index (χ1n) is 5.38. The predicted octanol–water partition coefficient (Wildman–Crippen LogP) is 4.34. The number of nitrogens with one attached hydrogen (secondary N) is 1. The molecule has 2 heterocycles. The Morgan fingerprint density at radius 2 is 2.18 bits per heavy atom. The van der Waals surface area contributed by atoms with Crippen molar-refractivity contribution in [2.24, 2.45) is 0 Å². The SMILES string of the molecule is Cc1nc(CCl)sc1-c1c[nH]c2ccccc12. The molecule has 0 saturated heterocycles. The van der Waals surface area contributed by atoms with E-state index in [4.69, 9.17) is 11.6 Å². The third-order valence-corrected chi connectivity index (χ3v) is 4.39. The van der Waals surface area contributed by atoms with E-state index in [0.717, 1.165) is 16.2 Å². The van der Waals surface area contributed by atoms with Crippen LogP contribution < -0.4 is 0 Å². The summed E-state index contributed by atoms with van der Waals surface area (Å²) in [4.78, 5) is 8.96. The first-order chi connectivity index (χ1) is 8.29. The predicted molar refractivity (Wildman–Crippen MR) is 73.7 cm³/mol. The number of nitrogens with zero attached hydrogens (tertiary/aromatic N) is 1. The van der Waals surface area contributed by atoms with Gasteiger partial charge in [-0.05, 0) is 13.0 Å². The number of alkyl halides is 1. The lowest BCUT2D eigenvalue weighted by atomic mass is 10.1. The molecule has 86 valence electrons. The van der Waals surface area contributed by atoms with Crippen molar-refractivity contribution in [2.45, 2.75) is 12.8 Å². The molecule has 1 aromatic carbocycles. The van der Waals surface area contributed by atoms with Gasteiger partial charge in [0.05, 0.1) is 16.5 Å². The number of rotatable bonds is 2. The number of para-hydroxylation sites is 1. The fourth-order valence-corrected chi connectivity index (χ4v) is 3.19. The first-order valence-corrected chi connectivity index (χ1v) is 6.73. The van der Waals surface area contributed by atoms with Crippen molar-refractivity contribution < 1.29 is 0 Å². The second kappa shape index (κ2) is 4.17. The van der Waals surface area contributed by atoms with Crippen molar-refractivity contribution in [3.8, 4) is 10.4 Å². The number of hydrogen-bond acceptors (Lipinski definition) is 2. The van der Waals surface area contributed by atoms with Crippen LogP contribution in [0.1, 0.15) is 10.7 Å². The van der Waals surface area contributed by atoms with Crippen molar-refractivity contribution in [2.75, 3.05) is 0 Å². The zero-order valence-corrected chi connectivity index (χ0v) is 10.9. The highest BCUT2D eigenvalue weighted by molar-refractivity contribution is 7.15. The van der Waals surface area contributed by atoms with Crippen molar-refractivity contribution in [3.05, 3.63) is 41.2 Å². The largest absolute Gasteiger partial charge is 0.361 e. The standard InChI is InChI=1S/C13H11ClN2S/c1-8-13(17-12(6-14)16-8)10-7-15-11-5-3-2-4-9(10)11/h2-5,7,15H,6H2,1H3. The molecule has 17 heavy (non-hydrogen) atoms. The minimum Gasteiger partial charge on any atom is -0.361 e. The number of fused-ring (bicyclic) bond motifs is 1. The Balaban J connectivity index is 2.23. The number of thiazole rings is 1. The molecule has 0 bridgehead atoms. The van der Waals surface area contributed by atoms with Crippen LogP contribution in [-0.2, 0) is 5.88 Å². The maximum Gasteiger partial charge on any atom is 0.108 e. The lowest BCUT2D eigenvalue weighted by Gasteiger charge is -1.95. The molecule has 1 N–H and O–H groups in total. The fourth-order valence-electron chi connectivity index (χ4n) is 2.02. The third-order valence-electron chi connectivity index (χ3n) is 2.79. The van der Waals surface area contributed by atoms with Gasteiger partial charge >= 0.3 is 0 Å². The van der Waals surface area contributed by atoms with Crippen molar-refractivity contribution in [3.63, 3.8) is 0 Å². The van der Waals surface area contributed by atoms with Crippen LogP contribution in [0.3, 0.4) is 0 Å². The Hall–Kier alpha value is -1.32. The molecule has 0 saturated carbocycles. The molecule has 0 spiro atoms. The Morgan fingerprint density at radius 1 is 1.35 bits per heavy atom. The monoisotopic (exact) mass is 262 g/mol. The molecular weight excluding hydrogens is 252 g/mol. The summed E-state index contributed by atoms with van der Waals surface area (Å²) >= 11 is 7.50. The Labute approximate surface area is 108 Å². The van der Waals surface area contributed by atoms with Crippen LogP contribution in [-0.4, -0.2) is 9.97 Å². The minimum atomic E-state index is 0.480. The molecule has 0 unspecified atom stereocenters. The number of benzene rings is 1. The van der Waals surface area contributed by atoms with Crippen LogP contribution in [0.25, 0.3) is 21.3 Å². The second-order valence-electron chi connectivity index (χ2n) is 3.90. The fraction of sp³-hybridized carbons (Fsp3) is 0.154. The molecule has 0 aliphatic rings. The summed E-state index contributed by atoms with van der Waals surface area (Å²) in [6, 6.07) is 8.29. The van der Waals surface area contributed by atoms with E-state index in [9.17, 15) is 0 Å². The number of aryl methyl sites for hydroxylation is 1. The van der Waals surface area contributed by atoms with Gasteiger partial charge in [-0.3, -0.25) is 0 Å². The van der Waals surface area contributed by atoms with Gasteiger partial charge in [0, 0.05) is 22.7 Å². The molecule has 0 aliphatic heterocycles. The molecule has 0 radical (unpaired) electrons. The average Bonchev–Trinajstić information content (AvgIpc) is 2.92. The first kappa shape index (κ1) is 10.8. The van der Waals surface area contributed by atoms with E-state index in [1.54, 1.807) is 11.3 Å². The highest BCUT2D eigenvalue weighted by Crippen LogP contribution is 2.35. The normalized spacial score (nSPS) is 11.2. The van der Waals surface area contributed by atoms with E-state index in [1.165, 1.54) is 15.8 Å². The highest BCUT2D eigenvalue weighted by atomic mass is 35.5. The number of halogens is 1. The van der Waals surface area contributed by atoms with Gasteiger partial charge in [0.15, 0.2) is 0 Å². The van der Waals surface area contributed by atoms with E-state index >= 15 is 0 Å². The third kappa shape index (κ3) is 1.75. The van der Waals surface area contributed by atoms with Crippen LogP contribution in [0.15, 0.2) is 30.5 Å². The average molecular weight is 263 g/mol. The molecule has 0 amide bonds. The van der Waals surface area contributed by atoms with Gasteiger partial charge in [-0.25, -0.2) is 4.98 Å². The quantitative estimate of drug-likeness (QED) is 0.684. The maximum atomic E-state index is 5.83. The number of aromatic amines is 1. The zero-order valence-electron chi connectivity index (χ0n) is 9.33. The van der Waals surface area contributed by atoms with Gasteiger partial charge in [-0.15, -0.1) is 22.9 Å². The van der Waals surface area contributed by atoms with E-state index in [2.05, 4.69) is 28.2 Å². The van der Waals surface area contributed by atoms with E-state index in [0.29, 0.717) is 5.88 Å². The van der Waals surface area contributed by atoms with Gasteiger partial charge in [0.25, 0.3) is 0 Å². The summed E-state index contributed by atoms with van der Waals surface area (Å²) in [5, 5.41) is 2.21. The summed E-state index contributed by atoms with van der Waals surface area (Å²) in [5.41, 5.74) is 3.42. The zero-order chi connectivity index (χ0) is 11.8. The molecule has 0 aliphatic carbocycles. The van der Waals surface area contributed by atoms with E-state index in [1.807, 2.05) is 19.2 Å². The van der Waals surface area contributed by atoms with Crippen LogP contribution in [0, 0.1) is 6.92 Å². The lowest BCUT2D eigenvalue weighted by molar-refractivity contribution is 1.18.